The Morgan fingerprint density at radius 2 is 2.21 bits per heavy atom. The van der Waals surface area contributed by atoms with Crippen LogP contribution in [-0.4, -0.2) is 18.2 Å². The van der Waals surface area contributed by atoms with Gasteiger partial charge in [0.2, 0.25) is 0 Å². The lowest BCUT2D eigenvalue weighted by molar-refractivity contribution is 0.585. The molecule has 0 aliphatic heterocycles. The Labute approximate surface area is 82.9 Å². The van der Waals surface area contributed by atoms with Gasteiger partial charge < -0.3 is 5.73 Å². The largest absolute Gasteiger partial charge is 0.397 e. The number of nitrogens with zero attached hydrogens (tertiary/aromatic N) is 2. The van der Waals surface area contributed by atoms with E-state index in [1.807, 2.05) is 13.8 Å². The first-order chi connectivity index (χ1) is 6.56. The van der Waals surface area contributed by atoms with Crippen molar-refractivity contribution in [1.29, 1.82) is 0 Å². The third-order valence-electron chi connectivity index (χ3n) is 1.86. The lowest BCUT2D eigenvalue weighted by Gasteiger charge is -2.08. The molecule has 1 aromatic heterocycles. The maximum Gasteiger partial charge on any atom is 0.147 e. The number of halogens is 1. The molecule has 0 fully saturated rings. The summed E-state index contributed by atoms with van der Waals surface area (Å²) in [6.45, 7) is 3.77. The van der Waals surface area contributed by atoms with Crippen molar-refractivity contribution in [2.24, 2.45) is 4.99 Å². The van der Waals surface area contributed by atoms with E-state index in [1.165, 1.54) is 12.3 Å². The van der Waals surface area contributed by atoms with Crippen LogP contribution < -0.4 is 5.73 Å². The molecule has 0 aromatic carbocycles. The molecule has 1 rings (SSSR count). The second kappa shape index (κ2) is 4.17. The molecule has 1 heterocycles. The number of hydrogen-bond acceptors (Lipinski definition) is 3. The van der Waals surface area contributed by atoms with E-state index >= 15 is 0 Å². The third kappa shape index (κ3) is 2.07. The molecule has 1 aromatic rings. The normalized spacial score (nSPS) is 11.5. The fourth-order valence-electron chi connectivity index (χ4n) is 1.16. The summed E-state index contributed by atoms with van der Waals surface area (Å²) in [6.07, 6.45) is 1.53. The highest BCUT2D eigenvalue weighted by molar-refractivity contribution is 5.84. The van der Waals surface area contributed by atoms with Crippen LogP contribution >= 0.6 is 0 Å². The Hall–Kier alpha value is -1.45. The molecular formula is C10H14FN3. The van der Waals surface area contributed by atoms with Crippen LogP contribution in [0.25, 0.3) is 0 Å². The topological polar surface area (TPSA) is 51.3 Å². The second-order valence-electron chi connectivity index (χ2n) is 3.37. The van der Waals surface area contributed by atoms with Crippen molar-refractivity contribution in [3.63, 3.8) is 0 Å². The van der Waals surface area contributed by atoms with E-state index in [4.69, 9.17) is 5.73 Å². The number of anilines is 1. The molecule has 0 amide bonds. The molecular weight excluding hydrogens is 181 g/mol. The van der Waals surface area contributed by atoms with Crippen molar-refractivity contribution >= 4 is 11.9 Å². The van der Waals surface area contributed by atoms with Crippen LogP contribution in [0.15, 0.2) is 11.1 Å². The molecule has 0 saturated heterocycles. The summed E-state index contributed by atoms with van der Waals surface area (Å²) in [4.78, 5) is 7.92. The average molecular weight is 195 g/mol. The summed E-state index contributed by atoms with van der Waals surface area (Å²) in [7, 11) is 1.62. The van der Waals surface area contributed by atoms with Crippen molar-refractivity contribution in [3.8, 4) is 0 Å². The van der Waals surface area contributed by atoms with Crippen LogP contribution in [0.2, 0.25) is 0 Å². The predicted molar refractivity (Wildman–Crippen MR) is 56.2 cm³/mol. The first-order valence-electron chi connectivity index (χ1n) is 4.44. The second-order valence-corrected chi connectivity index (χ2v) is 3.37. The summed E-state index contributed by atoms with van der Waals surface area (Å²) >= 11 is 0. The molecule has 0 aliphatic carbocycles. The number of pyridine rings is 1. The number of hydrogen-bond donors (Lipinski definition) is 1. The summed E-state index contributed by atoms with van der Waals surface area (Å²) in [5.41, 5.74) is 6.85. The van der Waals surface area contributed by atoms with Gasteiger partial charge in [-0.25, -0.2) is 9.37 Å². The Balaban J connectivity index is 3.27. The Morgan fingerprint density at radius 1 is 1.57 bits per heavy atom. The zero-order valence-electron chi connectivity index (χ0n) is 8.58. The molecule has 2 N–H and O–H groups in total. The monoisotopic (exact) mass is 195 g/mol. The maximum atomic E-state index is 13.3. The van der Waals surface area contributed by atoms with Gasteiger partial charge in [0.1, 0.15) is 11.5 Å². The lowest BCUT2D eigenvalue weighted by Crippen LogP contribution is -2.05. The van der Waals surface area contributed by atoms with E-state index in [1.54, 1.807) is 7.05 Å². The van der Waals surface area contributed by atoms with Gasteiger partial charge in [0, 0.05) is 19.3 Å². The number of aliphatic imine (C=N–C) groups is 1. The van der Waals surface area contributed by atoms with E-state index in [9.17, 15) is 4.39 Å². The SMILES string of the molecule is CN=Cc1nc(C(C)C)c(F)cc1N. The Kier molecular flexibility index (Phi) is 3.17. The Morgan fingerprint density at radius 3 is 2.71 bits per heavy atom. The first kappa shape index (κ1) is 10.6. The van der Waals surface area contributed by atoms with Crippen molar-refractivity contribution in [1.82, 2.24) is 4.98 Å². The van der Waals surface area contributed by atoms with E-state index in [0.717, 1.165) is 0 Å². The quantitative estimate of drug-likeness (QED) is 0.733. The van der Waals surface area contributed by atoms with E-state index < -0.39 is 0 Å². The smallest absolute Gasteiger partial charge is 0.147 e. The molecule has 14 heavy (non-hydrogen) atoms. The maximum absolute atomic E-state index is 13.3. The summed E-state index contributed by atoms with van der Waals surface area (Å²) < 4.78 is 13.3. The highest BCUT2D eigenvalue weighted by atomic mass is 19.1. The summed E-state index contributed by atoms with van der Waals surface area (Å²) in [5.74, 6) is -0.314. The van der Waals surface area contributed by atoms with Gasteiger partial charge in [0.15, 0.2) is 0 Å². The van der Waals surface area contributed by atoms with Crippen molar-refractivity contribution in [3.05, 3.63) is 23.3 Å². The minimum atomic E-state index is -0.356. The number of nitrogen functional groups attached to an aromatic ring is 1. The minimum Gasteiger partial charge on any atom is -0.397 e. The van der Waals surface area contributed by atoms with Gasteiger partial charge in [-0.3, -0.25) is 4.99 Å². The van der Waals surface area contributed by atoms with E-state index in [-0.39, 0.29) is 11.7 Å². The van der Waals surface area contributed by atoms with Crippen molar-refractivity contribution in [2.45, 2.75) is 19.8 Å². The van der Waals surface area contributed by atoms with Gasteiger partial charge in [-0.1, -0.05) is 13.8 Å². The summed E-state index contributed by atoms with van der Waals surface area (Å²) in [5, 5.41) is 0. The molecule has 0 saturated carbocycles. The molecule has 0 aliphatic rings. The molecule has 0 bridgehead atoms. The minimum absolute atomic E-state index is 0.0413. The van der Waals surface area contributed by atoms with Crippen LogP contribution in [-0.2, 0) is 0 Å². The number of aromatic nitrogens is 1. The van der Waals surface area contributed by atoms with Gasteiger partial charge in [-0.05, 0) is 5.92 Å². The van der Waals surface area contributed by atoms with Crippen molar-refractivity contribution < 1.29 is 4.39 Å². The number of rotatable bonds is 2. The molecule has 0 spiro atoms. The zero-order chi connectivity index (χ0) is 10.7. The van der Waals surface area contributed by atoms with Crippen LogP contribution in [0, 0.1) is 5.82 Å². The fraction of sp³-hybridized carbons (Fsp3) is 0.400. The van der Waals surface area contributed by atoms with Gasteiger partial charge >= 0.3 is 0 Å². The van der Waals surface area contributed by atoms with Crippen LogP contribution in [0.4, 0.5) is 10.1 Å². The Bertz CT molecular complexity index is 359. The predicted octanol–water partition coefficient (Wildman–Crippen LogP) is 1.97. The van der Waals surface area contributed by atoms with Crippen LogP contribution in [0.1, 0.15) is 31.2 Å². The fourth-order valence-corrected chi connectivity index (χ4v) is 1.16. The van der Waals surface area contributed by atoms with Gasteiger partial charge in [-0.2, -0.15) is 0 Å². The highest BCUT2D eigenvalue weighted by Gasteiger charge is 2.11. The molecule has 76 valence electrons. The van der Waals surface area contributed by atoms with Crippen LogP contribution in [0.3, 0.4) is 0 Å². The average Bonchev–Trinajstić information content (AvgIpc) is 2.09. The molecule has 4 heteroatoms. The van der Waals surface area contributed by atoms with Gasteiger partial charge in [0.25, 0.3) is 0 Å². The van der Waals surface area contributed by atoms with Gasteiger partial charge in [0.05, 0.1) is 11.4 Å². The third-order valence-corrected chi connectivity index (χ3v) is 1.86. The molecule has 0 atom stereocenters. The molecule has 0 unspecified atom stereocenters. The standard InChI is InChI=1S/C10H14FN3/c1-6(2)10-7(11)4-8(12)9(14-10)5-13-3/h4-6H,12H2,1-3H3. The van der Waals surface area contributed by atoms with Gasteiger partial charge in [-0.15, -0.1) is 0 Å². The van der Waals surface area contributed by atoms with Crippen LogP contribution in [0.5, 0.6) is 0 Å². The molecule has 3 nitrogen and oxygen atoms in total. The van der Waals surface area contributed by atoms with E-state index in [2.05, 4.69) is 9.98 Å². The van der Waals surface area contributed by atoms with Crippen molar-refractivity contribution in [2.75, 3.05) is 12.8 Å². The first-order valence-corrected chi connectivity index (χ1v) is 4.44. The van der Waals surface area contributed by atoms with E-state index in [0.29, 0.717) is 17.1 Å². The molecule has 0 radical (unpaired) electrons. The zero-order valence-corrected chi connectivity index (χ0v) is 8.58. The highest BCUT2D eigenvalue weighted by Crippen LogP contribution is 2.19. The summed E-state index contributed by atoms with van der Waals surface area (Å²) in [6, 6.07) is 1.29. The number of nitrogens with two attached hydrogens (primary N) is 1. The lowest BCUT2D eigenvalue weighted by atomic mass is 10.1.